The Labute approximate surface area is 196 Å². The van der Waals surface area contributed by atoms with Crippen LogP contribution in [0.3, 0.4) is 0 Å². The summed E-state index contributed by atoms with van der Waals surface area (Å²) in [6.45, 7) is 13.6. The van der Waals surface area contributed by atoms with E-state index in [9.17, 15) is 9.59 Å². The summed E-state index contributed by atoms with van der Waals surface area (Å²) < 4.78 is 5.83. The average Bonchev–Trinajstić information content (AvgIpc) is 3.07. The van der Waals surface area contributed by atoms with Gasteiger partial charge in [0.15, 0.2) is 11.9 Å². The topological polar surface area (TPSA) is 43.4 Å². The first-order valence-corrected chi connectivity index (χ1v) is 13.8. The number of ketones is 1. The van der Waals surface area contributed by atoms with Gasteiger partial charge in [0.2, 0.25) is 0 Å². The van der Waals surface area contributed by atoms with Gasteiger partial charge in [-0.1, -0.05) is 66.7 Å². The molecule has 32 heavy (non-hydrogen) atoms. The van der Waals surface area contributed by atoms with Crippen molar-refractivity contribution in [2.45, 2.75) is 118 Å². The van der Waals surface area contributed by atoms with Crippen LogP contribution in [0.15, 0.2) is 0 Å². The molecule has 0 N–H and O–H groups in total. The molecule has 0 bridgehead atoms. The van der Waals surface area contributed by atoms with E-state index < -0.39 is 6.10 Å². The van der Waals surface area contributed by atoms with Gasteiger partial charge in [0.25, 0.3) is 0 Å². The first-order valence-electron chi connectivity index (χ1n) is 13.8. The summed E-state index contributed by atoms with van der Waals surface area (Å²) in [5.41, 5.74) is 0.423. The monoisotopic (exact) mass is 444 g/mol. The van der Waals surface area contributed by atoms with E-state index in [1.54, 1.807) is 0 Å². The Hall–Kier alpha value is -0.860. The minimum atomic E-state index is -0.496. The van der Waals surface area contributed by atoms with Crippen LogP contribution in [0.2, 0.25) is 0 Å². The van der Waals surface area contributed by atoms with E-state index in [0.717, 1.165) is 24.2 Å². The maximum atomic E-state index is 14.0. The Morgan fingerprint density at radius 2 is 1.66 bits per heavy atom. The molecule has 0 radical (unpaired) electrons. The van der Waals surface area contributed by atoms with Crippen LogP contribution in [-0.2, 0) is 14.3 Å². The Balaban J connectivity index is 1.59. The van der Waals surface area contributed by atoms with Gasteiger partial charge in [-0.25, -0.2) is 0 Å². The first kappa shape index (κ1) is 24.3. The summed E-state index contributed by atoms with van der Waals surface area (Å²) >= 11 is 0. The quantitative estimate of drug-likeness (QED) is 0.406. The van der Waals surface area contributed by atoms with E-state index in [1.807, 2.05) is 0 Å². The minimum Gasteiger partial charge on any atom is -0.454 e. The third-order valence-corrected chi connectivity index (χ3v) is 10.9. The van der Waals surface area contributed by atoms with Crippen LogP contribution in [0, 0.1) is 52.3 Å². The lowest BCUT2D eigenvalue weighted by molar-refractivity contribution is -0.190. The number of carbonyl (C=O) groups excluding carboxylic acids is 2. The lowest BCUT2D eigenvalue weighted by atomic mass is 9.43. The molecule has 3 nitrogen and oxygen atoms in total. The highest BCUT2D eigenvalue weighted by Gasteiger charge is 2.65. The van der Waals surface area contributed by atoms with Crippen LogP contribution in [0.5, 0.6) is 0 Å². The molecule has 182 valence electrons. The maximum absolute atomic E-state index is 14.0. The summed E-state index contributed by atoms with van der Waals surface area (Å²) in [5.74, 6) is 3.56. The normalized spacial score (nSPS) is 44.5. The van der Waals surface area contributed by atoms with E-state index in [0.29, 0.717) is 17.6 Å². The molecule has 3 heteroatoms. The standard InChI is InChI=1S/C29H48O3/c1-18(2)10-9-11-19(3)21-13-14-22-25-23(15-17-29(21,22)6)28(5)16-8-7-12-24(28)27(26(25)31)32-20(4)30/h18-19,21-25,27H,7-17H2,1-6H3/t19-,21-,22+,23-,24-,25-,27+,28+,29+/m1/s1. The van der Waals surface area contributed by atoms with Crippen LogP contribution in [0.4, 0.5) is 0 Å². The molecule has 4 aliphatic rings. The van der Waals surface area contributed by atoms with Crippen LogP contribution >= 0.6 is 0 Å². The number of Topliss-reactive ketones (excluding diaryl/α,β-unsaturated/α-hetero) is 1. The Morgan fingerprint density at radius 1 is 0.938 bits per heavy atom. The molecule has 4 fully saturated rings. The van der Waals surface area contributed by atoms with E-state index in [4.69, 9.17) is 4.74 Å². The fourth-order valence-corrected chi connectivity index (χ4v) is 9.35. The zero-order chi connectivity index (χ0) is 23.3. The van der Waals surface area contributed by atoms with Gasteiger partial charge >= 0.3 is 5.97 Å². The van der Waals surface area contributed by atoms with Gasteiger partial charge in [0.05, 0.1) is 0 Å². The molecule has 0 unspecified atom stereocenters. The smallest absolute Gasteiger partial charge is 0.303 e. The van der Waals surface area contributed by atoms with Crippen LogP contribution < -0.4 is 0 Å². The van der Waals surface area contributed by atoms with Crippen LogP contribution in [0.1, 0.15) is 112 Å². The SMILES string of the molecule is CC(=O)O[C@@H]1C(=O)[C@H]2[C@@H](CC[C@@]3(C)[C@@H]([C@H](C)CCCC(C)C)CC[C@@H]23)[C@]2(C)CCCC[C@H]12. The summed E-state index contributed by atoms with van der Waals surface area (Å²) in [4.78, 5) is 26.0. The van der Waals surface area contributed by atoms with Crippen molar-refractivity contribution >= 4 is 11.8 Å². The molecule has 4 aliphatic carbocycles. The summed E-state index contributed by atoms with van der Waals surface area (Å²) in [6.07, 6.45) is 13.1. The third kappa shape index (κ3) is 3.98. The largest absolute Gasteiger partial charge is 0.454 e. The second-order valence-corrected chi connectivity index (χ2v) is 13.1. The molecule has 0 aliphatic heterocycles. The fraction of sp³-hybridized carbons (Fsp3) is 0.931. The van der Waals surface area contributed by atoms with E-state index in [-0.39, 0.29) is 28.6 Å². The number of esters is 1. The third-order valence-electron chi connectivity index (χ3n) is 10.9. The van der Waals surface area contributed by atoms with Crippen molar-refractivity contribution in [3.8, 4) is 0 Å². The molecule has 0 heterocycles. The number of ether oxygens (including phenoxy) is 1. The van der Waals surface area contributed by atoms with Gasteiger partial charge in [-0.2, -0.15) is 0 Å². The van der Waals surface area contributed by atoms with Crippen molar-refractivity contribution in [1.29, 1.82) is 0 Å². The number of hydrogen-bond acceptors (Lipinski definition) is 3. The second-order valence-electron chi connectivity index (χ2n) is 13.1. The minimum absolute atomic E-state index is 0.102. The van der Waals surface area contributed by atoms with Crippen molar-refractivity contribution in [1.82, 2.24) is 0 Å². The van der Waals surface area contributed by atoms with Crippen molar-refractivity contribution in [2.75, 3.05) is 0 Å². The lowest BCUT2D eigenvalue weighted by Crippen LogP contribution is -2.62. The lowest BCUT2D eigenvalue weighted by Gasteiger charge is -2.61. The zero-order valence-electron chi connectivity index (χ0n) is 21.6. The Morgan fingerprint density at radius 3 is 2.34 bits per heavy atom. The van der Waals surface area contributed by atoms with Crippen molar-refractivity contribution in [3.63, 3.8) is 0 Å². The molecule has 4 rings (SSSR count). The summed E-state index contributed by atoms with van der Waals surface area (Å²) in [5, 5.41) is 0. The molecule has 0 aromatic rings. The molecular formula is C29H48O3. The van der Waals surface area contributed by atoms with Crippen LogP contribution in [-0.4, -0.2) is 17.9 Å². The zero-order valence-corrected chi connectivity index (χ0v) is 21.6. The van der Waals surface area contributed by atoms with Crippen LogP contribution in [0.25, 0.3) is 0 Å². The van der Waals surface area contributed by atoms with Gasteiger partial charge in [0.1, 0.15) is 0 Å². The highest BCUT2D eigenvalue weighted by Crippen LogP contribution is 2.68. The molecule has 0 saturated heterocycles. The average molecular weight is 445 g/mol. The molecule has 9 atom stereocenters. The van der Waals surface area contributed by atoms with Gasteiger partial charge in [-0.05, 0) is 78.9 Å². The van der Waals surface area contributed by atoms with E-state index in [1.165, 1.54) is 71.1 Å². The van der Waals surface area contributed by atoms with E-state index >= 15 is 0 Å². The highest BCUT2D eigenvalue weighted by molar-refractivity contribution is 5.89. The predicted molar refractivity (Wildman–Crippen MR) is 129 cm³/mol. The molecule has 0 aromatic carbocycles. The fourth-order valence-electron chi connectivity index (χ4n) is 9.35. The summed E-state index contributed by atoms with van der Waals surface area (Å²) in [6, 6.07) is 0. The number of fused-ring (bicyclic) bond motifs is 5. The van der Waals surface area contributed by atoms with E-state index in [2.05, 4.69) is 34.6 Å². The molecular weight excluding hydrogens is 396 g/mol. The first-order chi connectivity index (χ1) is 15.1. The summed E-state index contributed by atoms with van der Waals surface area (Å²) in [7, 11) is 0. The van der Waals surface area contributed by atoms with Crippen molar-refractivity contribution in [2.24, 2.45) is 52.3 Å². The molecule has 0 aromatic heterocycles. The Kier molecular flexibility index (Phi) is 6.87. The number of carbonyl (C=O) groups is 2. The molecule has 0 spiro atoms. The van der Waals surface area contributed by atoms with Gasteiger partial charge in [-0.3, -0.25) is 9.59 Å². The molecule has 4 saturated carbocycles. The van der Waals surface area contributed by atoms with Gasteiger partial charge in [0, 0.05) is 18.8 Å². The van der Waals surface area contributed by atoms with Gasteiger partial charge in [-0.15, -0.1) is 0 Å². The Bertz CT molecular complexity index is 713. The predicted octanol–water partition coefficient (Wildman–Crippen LogP) is 7.22. The highest BCUT2D eigenvalue weighted by atomic mass is 16.5. The number of hydrogen-bond donors (Lipinski definition) is 0. The maximum Gasteiger partial charge on any atom is 0.303 e. The van der Waals surface area contributed by atoms with Crippen molar-refractivity contribution < 1.29 is 14.3 Å². The second kappa shape index (κ2) is 9.06. The molecule has 0 amide bonds. The van der Waals surface area contributed by atoms with Crippen molar-refractivity contribution in [3.05, 3.63) is 0 Å². The number of rotatable bonds is 6. The van der Waals surface area contributed by atoms with Gasteiger partial charge < -0.3 is 4.74 Å².